The van der Waals surface area contributed by atoms with Crippen molar-refractivity contribution >= 4 is 39.4 Å². The summed E-state index contributed by atoms with van der Waals surface area (Å²) in [7, 11) is 0. The molecule has 1 heterocycles. The Morgan fingerprint density at radius 1 is 0.917 bits per heavy atom. The number of nitrogens with zero attached hydrogens (tertiary/aromatic N) is 2. The van der Waals surface area contributed by atoms with Crippen molar-refractivity contribution in [2.24, 2.45) is 5.92 Å². The lowest BCUT2D eigenvalue weighted by molar-refractivity contribution is -0.138. The predicted octanol–water partition coefficient (Wildman–Crippen LogP) is 5.00. The van der Waals surface area contributed by atoms with Crippen molar-refractivity contribution in [1.29, 1.82) is 0 Å². The summed E-state index contributed by atoms with van der Waals surface area (Å²) in [6.07, 6.45) is 3.59. The van der Waals surface area contributed by atoms with Crippen LogP contribution in [0, 0.1) is 17.6 Å². The van der Waals surface area contributed by atoms with Gasteiger partial charge in [0.05, 0.1) is 6.42 Å². The molecule has 2 amide bonds. The van der Waals surface area contributed by atoms with Crippen molar-refractivity contribution in [2.45, 2.75) is 44.4 Å². The second-order valence-electron chi connectivity index (χ2n) is 8.81. The number of anilines is 2. The zero-order valence-electron chi connectivity index (χ0n) is 19.2. The van der Waals surface area contributed by atoms with Crippen LogP contribution in [0.5, 0.6) is 0 Å². The minimum absolute atomic E-state index is 0.140. The highest BCUT2D eigenvalue weighted by atomic mass is 32.1. The van der Waals surface area contributed by atoms with Gasteiger partial charge in [-0.3, -0.25) is 19.7 Å². The summed E-state index contributed by atoms with van der Waals surface area (Å²) in [4.78, 5) is 35.7. The van der Waals surface area contributed by atoms with Crippen LogP contribution in [0.25, 0.3) is 0 Å². The highest BCUT2D eigenvalue weighted by Gasteiger charge is 2.24. The minimum atomic E-state index is -0.769. The molecule has 0 bridgehead atoms. The van der Waals surface area contributed by atoms with Crippen molar-refractivity contribution in [3.05, 3.63) is 70.8 Å². The number of rotatable bonds is 8. The zero-order chi connectivity index (χ0) is 25.7. The van der Waals surface area contributed by atoms with E-state index in [4.69, 9.17) is 5.11 Å². The normalized spacial score (nSPS) is 17.4. The molecule has 4 rings (SSSR count). The van der Waals surface area contributed by atoms with Crippen LogP contribution in [0.3, 0.4) is 0 Å². The fraction of sp³-hybridized carbons (Fsp3) is 0.320. The molecule has 1 aliphatic rings. The van der Waals surface area contributed by atoms with Gasteiger partial charge in [0.25, 0.3) is 5.91 Å². The van der Waals surface area contributed by atoms with Gasteiger partial charge in [0.15, 0.2) is 0 Å². The molecule has 3 N–H and O–H groups in total. The number of nitrogens with one attached hydrogen (secondary N) is 2. The summed E-state index contributed by atoms with van der Waals surface area (Å²) in [5.74, 6) is -2.61. The second-order valence-corrected chi connectivity index (χ2v) is 9.78. The summed E-state index contributed by atoms with van der Waals surface area (Å²) < 4.78 is 26.6. The minimum Gasteiger partial charge on any atom is -0.481 e. The van der Waals surface area contributed by atoms with E-state index >= 15 is 0 Å². The van der Waals surface area contributed by atoms with E-state index in [-0.39, 0.29) is 40.5 Å². The van der Waals surface area contributed by atoms with E-state index in [1.165, 1.54) is 0 Å². The first-order chi connectivity index (χ1) is 17.2. The number of hydrogen-bond acceptors (Lipinski definition) is 6. The maximum absolute atomic E-state index is 13.3. The van der Waals surface area contributed by atoms with Crippen LogP contribution < -0.4 is 10.6 Å². The van der Waals surface area contributed by atoms with Crippen LogP contribution in [0.2, 0.25) is 0 Å². The van der Waals surface area contributed by atoms with Gasteiger partial charge in [-0.1, -0.05) is 23.5 Å². The standard InChI is InChI=1S/C25H24F2N4O4S/c26-19-9-15(10-20(27)13-19)11-21(32)28-24-30-31-25(36-24)29-23(35)18-7-5-17(6-8-18)16-3-1-14(2-4-16)12-22(33)34/h5-10,13-14,16H,1-4,11-12H2,(H,33,34)(H,28,30,32)(H,29,31,35). The van der Waals surface area contributed by atoms with Crippen LogP contribution in [-0.2, 0) is 16.0 Å². The summed E-state index contributed by atoms with van der Waals surface area (Å²) in [6.45, 7) is 0. The number of aliphatic carboxylic acids is 1. The van der Waals surface area contributed by atoms with Gasteiger partial charge in [-0.2, -0.15) is 0 Å². The van der Waals surface area contributed by atoms with Crippen LogP contribution in [0.4, 0.5) is 19.0 Å². The highest BCUT2D eigenvalue weighted by molar-refractivity contribution is 7.19. The Labute approximate surface area is 209 Å². The van der Waals surface area contributed by atoms with E-state index < -0.39 is 23.5 Å². The molecule has 8 nitrogen and oxygen atoms in total. The molecule has 36 heavy (non-hydrogen) atoms. The number of halogens is 2. The molecule has 3 aromatic rings. The molecule has 188 valence electrons. The van der Waals surface area contributed by atoms with Crippen LogP contribution >= 0.6 is 11.3 Å². The Balaban J connectivity index is 1.28. The van der Waals surface area contributed by atoms with Crippen molar-refractivity contribution in [2.75, 3.05) is 10.6 Å². The first kappa shape index (κ1) is 25.4. The van der Waals surface area contributed by atoms with Crippen molar-refractivity contribution in [1.82, 2.24) is 10.2 Å². The molecule has 0 atom stereocenters. The Hall–Kier alpha value is -3.73. The zero-order valence-corrected chi connectivity index (χ0v) is 20.0. The van der Waals surface area contributed by atoms with Crippen molar-refractivity contribution < 1.29 is 28.3 Å². The molecule has 0 radical (unpaired) electrons. The third-order valence-corrected chi connectivity index (χ3v) is 6.89. The average molecular weight is 515 g/mol. The van der Waals surface area contributed by atoms with Gasteiger partial charge in [-0.25, -0.2) is 8.78 Å². The van der Waals surface area contributed by atoms with Gasteiger partial charge in [-0.15, -0.1) is 10.2 Å². The molecule has 0 aliphatic heterocycles. The molecule has 2 aromatic carbocycles. The van der Waals surface area contributed by atoms with E-state index in [2.05, 4.69) is 20.8 Å². The summed E-state index contributed by atoms with van der Waals surface area (Å²) >= 11 is 0.955. The van der Waals surface area contributed by atoms with Gasteiger partial charge < -0.3 is 10.4 Å². The molecule has 0 spiro atoms. The lowest BCUT2D eigenvalue weighted by Gasteiger charge is -2.28. The molecule has 1 saturated carbocycles. The highest BCUT2D eigenvalue weighted by Crippen LogP contribution is 2.37. The smallest absolute Gasteiger partial charge is 0.303 e. The summed E-state index contributed by atoms with van der Waals surface area (Å²) in [5.41, 5.74) is 1.74. The first-order valence-electron chi connectivity index (χ1n) is 11.5. The number of benzene rings is 2. The van der Waals surface area contributed by atoms with Gasteiger partial charge in [0.2, 0.25) is 16.2 Å². The quantitative estimate of drug-likeness (QED) is 0.389. The molecule has 1 aliphatic carbocycles. The number of amides is 2. The number of carboxylic acid groups (broad SMARTS) is 1. The van der Waals surface area contributed by atoms with E-state index in [9.17, 15) is 23.2 Å². The summed E-state index contributed by atoms with van der Waals surface area (Å²) in [6, 6.07) is 10.2. The van der Waals surface area contributed by atoms with Gasteiger partial charge in [-0.05, 0) is 72.9 Å². The maximum atomic E-state index is 13.3. The van der Waals surface area contributed by atoms with Gasteiger partial charge >= 0.3 is 5.97 Å². The third-order valence-electron chi connectivity index (χ3n) is 6.13. The summed E-state index contributed by atoms with van der Waals surface area (Å²) in [5, 5.41) is 22.1. The van der Waals surface area contributed by atoms with E-state index in [0.29, 0.717) is 11.5 Å². The SMILES string of the molecule is O=C(O)CC1CCC(c2ccc(C(=O)Nc3nnc(NC(=O)Cc4cc(F)cc(F)c4)s3)cc2)CC1. The molecule has 11 heteroatoms. The topological polar surface area (TPSA) is 121 Å². The van der Waals surface area contributed by atoms with Gasteiger partial charge in [0, 0.05) is 18.1 Å². The predicted molar refractivity (Wildman–Crippen MR) is 130 cm³/mol. The number of hydrogen-bond donors (Lipinski definition) is 3. The second kappa shape index (κ2) is 11.3. The Kier molecular flexibility index (Phi) is 7.99. The number of carboxylic acids is 1. The molecular weight excluding hydrogens is 490 g/mol. The number of carbonyl (C=O) groups is 3. The lowest BCUT2D eigenvalue weighted by atomic mass is 9.77. The molecule has 1 fully saturated rings. The largest absolute Gasteiger partial charge is 0.481 e. The van der Waals surface area contributed by atoms with E-state index in [1.54, 1.807) is 12.1 Å². The molecule has 0 unspecified atom stereocenters. The lowest BCUT2D eigenvalue weighted by Crippen LogP contribution is -2.16. The van der Waals surface area contributed by atoms with Crippen LogP contribution in [-0.4, -0.2) is 33.1 Å². The fourth-order valence-electron chi connectivity index (χ4n) is 4.41. The molecule has 1 aromatic heterocycles. The Morgan fingerprint density at radius 2 is 1.53 bits per heavy atom. The third kappa shape index (κ3) is 6.91. The number of carbonyl (C=O) groups excluding carboxylic acids is 2. The van der Waals surface area contributed by atoms with Crippen LogP contribution in [0.1, 0.15) is 59.5 Å². The van der Waals surface area contributed by atoms with E-state index in [0.717, 1.165) is 60.8 Å². The van der Waals surface area contributed by atoms with Crippen molar-refractivity contribution in [3.8, 4) is 0 Å². The monoisotopic (exact) mass is 514 g/mol. The first-order valence-corrected chi connectivity index (χ1v) is 12.3. The number of aromatic nitrogens is 2. The molecule has 0 saturated heterocycles. The van der Waals surface area contributed by atoms with E-state index in [1.807, 2.05) is 12.1 Å². The van der Waals surface area contributed by atoms with Crippen molar-refractivity contribution in [3.63, 3.8) is 0 Å². The molecular formula is C25H24F2N4O4S. The maximum Gasteiger partial charge on any atom is 0.303 e. The fourth-order valence-corrected chi connectivity index (χ4v) is 5.06. The van der Waals surface area contributed by atoms with Crippen LogP contribution in [0.15, 0.2) is 42.5 Å². The Bertz CT molecular complexity index is 1240. The Morgan fingerprint density at radius 3 is 2.14 bits per heavy atom. The average Bonchev–Trinajstić information content (AvgIpc) is 3.25. The van der Waals surface area contributed by atoms with Gasteiger partial charge in [0.1, 0.15) is 11.6 Å².